The zero-order valence-corrected chi connectivity index (χ0v) is 18.6. The first-order valence-corrected chi connectivity index (χ1v) is 11.4. The Morgan fingerprint density at radius 1 is 1.06 bits per heavy atom. The standard InChI is InChI=1S/C26H19N5OS/c1-17-21(20-9-3-4-10-22(20)29-17)15-28-31-23(25-13-18-7-2-5-11-24(18)32-25)16-33-26(31)30-19-8-6-12-27-14-19/h2-16,29H,1H3. The molecule has 6 aromatic rings. The van der Waals surface area contributed by atoms with Crippen LogP contribution in [0.5, 0.6) is 0 Å². The third kappa shape index (κ3) is 3.58. The van der Waals surface area contributed by atoms with Crippen molar-refractivity contribution < 1.29 is 4.42 Å². The topological polar surface area (TPSA) is 71.5 Å². The summed E-state index contributed by atoms with van der Waals surface area (Å²) in [5, 5.41) is 9.07. The molecule has 6 nitrogen and oxygen atoms in total. The third-order valence-corrected chi connectivity index (χ3v) is 6.30. The first kappa shape index (κ1) is 19.5. The Bertz CT molecular complexity index is 1650. The van der Waals surface area contributed by atoms with E-state index in [-0.39, 0.29) is 0 Å². The summed E-state index contributed by atoms with van der Waals surface area (Å²) in [5.74, 6) is 0.743. The van der Waals surface area contributed by atoms with Gasteiger partial charge < -0.3 is 9.40 Å². The molecular formula is C26H19N5OS. The average Bonchev–Trinajstić information content (AvgIpc) is 3.53. The number of rotatable bonds is 4. The molecule has 0 atom stereocenters. The maximum absolute atomic E-state index is 6.14. The molecule has 0 fully saturated rings. The predicted molar refractivity (Wildman–Crippen MR) is 133 cm³/mol. The molecule has 0 saturated heterocycles. The van der Waals surface area contributed by atoms with Crippen molar-refractivity contribution in [3.63, 3.8) is 0 Å². The number of H-pyrrole nitrogens is 1. The second-order valence-corrected chi connectivity index (χ2v) is 8.48. The van der Waals surface area contributed by atoms with Gasteiger partial charge in [0.2, 0.25) is 4.80 Å². The molecular weight excluding hydrogens is 430 g/mol. The minimum atomic E-state index is 0.729. The zero-order valence-electron chi connectivity index (χ0n) is 17.8. The summed E-state index contributed by atoms with van der Waals surface area (Å²) in [4.78, 5) is 13.1. The smallest absolute Gasteiger partial charge is 0.211 e. The van der Waals surface area contributed by atoms with Crippen molar-refractivity contribution in [3.8, 4) is 11.5 Å². The van der Waals surface area contributed by atoms with Crippen molar-refractivity contribution in [1.82, 2.24) is 14.6 Å². The van der Waals surface area contributed by atoms with E-state index in [0.717, 1.165) is 55.1 Å². The highest BCUT2D eigenvalue weighted by Crippen LogP contribution is 2.28. The lowest BCUT2D eigenvalue weighted by Gasteiger charge is -2.01. The molecule has 6 rings (SSSR count). The molecule has 0 aliphatic heterocycles. The van der Waals surface area contributed by atoms with Crippen LogP contribution in [-0.4, -0.2) is 20.9 Å². The molecule has 160 valence electrons. The quantitative estimate of drug-likeness (QED) is 0.323. The van der Waals surface area contributed by atoms with Gasteiger partial charge in [0, 0.05) is 39.1 Å². The maximum atomic E-state index is 6.14. The lowest BCUT2D eigenvalue weighted by molar-refractivity contribution is 0.622. The Morgan fingerprint density at radius 2 is 1.94 bits per heavy atom. The second-order valence-electron chi connectivity index (χ2n) is 7.64. The van der Waals surface area contributed by atoms with Crippen LogP contribution in [0.2, 0.25) is 0 Å². The first-order chi connectivity index (χ1) is 16.3. The molecule has 0 radical (unpaired) electrons. The highest BCUT2D eigenvalue weighted by molar-refractivity contribution is 7.07. The molecule has 33 heavy (non-hydrogen) atoms. The van der Waals surface area contributed by atoms with Gasteiger partial charge in [-0.05, 0) is 37.3 Å². The molecule has 2 aromatic carbocycles. The van der Waals surface area contributed by atoms with E-state index in [0.29, 0.717) is 0 Å². The minimum absolute atomic E-state index is 0.729. The lowest BCUT2D eigenvalue weighted by Crippen LogP contribution is -2.11. The van der Waals surface area contributed by atoms with Gasteiger partial charge in [-0.25, -0.2) is 9.67 Å². The van der Waals surface area contributed by atoms with Gasteiger partial charge in [-0.1, -0.05) is 36.4 Å². The summed E-state index contributed by atoms with van der Waals surface area (Å²) in [5.41, 5.74) is 5.64. The SMILES string of the molecule is Cc1[nH]c2ccccc2c1C=Nn1c(-c2cc3ccccc3o2)csc1=Nc1cccnc1. The second kappa shape index (κ2) is 8.03. The number of nitrogens with one attached hydrogen (secondary N) is 1. The molecule has 0 amide bonds. The van der Waals surface area contributed by atoms with E-state index in [1.807, 2.05) is 70.9 Å². The lowest BCUT2D eigenvalue weighted by atomic mass is 10.1. The van der Waals surface area contributed by atoms with E-state index < -0.39 is 0 Å². The number of thiazole rings is 1. The Hall–Kier alpha value is -4.23. The summed E-state index contributed by atoms with van der Waals surface area (Å²) >= 11 is 1.51. The van der Waals surface area contributed by atoms with E-state index in [4.69, 9.17) is 14.5 Å². The molecule has 4 aromatic heterocycles. The number of aromatic nitrogens is 3. The van der Waals surface area contributed by atoms with Crippen LogP contribution in [0, 0.1) is 6.92 Å². The highest BCUT2D eigenvalue weighted by Gasteiger charge is 2.13. The van der Waals surface area contributed by atoms with Gasteiger partial charge in [0.05, 0.1) is 18.1 Å². The summed E-state index contributed by atoms with van der Waals surface area (Å²) in [6.45, 7) is 2.06. The number of aromatic amines is 1. The van der Waals surface area contributed by atoms with E-state index >= 15 is 0 Å². The molecule has 0 bridgehead atoms. The van der Waals surface area contributed by atoms with Crippen LogP contribution >= 0.6 is 11.3 Å². The summed E-state index contributed by atoms with van der Waals surface area (Å²) < 4.78 is 7.97. The zero-order chi connectivity index (χ0) is 22.2. The van der Waals surface area contributed by atoms with Gasteiger partial charge in [-0.3, -0.25) is 4.98 Å². The first-order valence-electron chi connectivity index (χ1n) is 10.5. The summed E-state index contributed by atoms with van der Waals surface area (Å²) in [7, 11) is 0. The van der Waals surface area contributed by atoms with Crippen LogP contribution < -0.4 is 4.80 Å². The van der Waals surface area contributed by atoms with Crippen molar-refractivity contribution in [1.29, 1.82) is 0 Å². The fraction of sp³-hybridized carbons (Fsp3) is 0.0385. The number of furan rings is 1. The number of benzene rings is 2. The molecule has 0 aliphatic carbocycles. The molecule has 1 N–H and O–H groups in total. The van der Waals surface area contributed by atoms with E-state index in [1.54, 1.807) is 12.4 Å². The normalized spacial score (nSPS) is 12.5. The predicted octanol–water partition coefficient (Wildman–Crippen LogP) is 6.26. The van der Waals surface area contributed by atoms with Crippen molar-refractivity contribution in [2.75, 3.05) is 0 Å². The van der Waals surface area contributed by atoms with E-state index in [9.17, 15) is 0 Å². The largest absolute Gasteiger partial charge is 0.454 e. The van der Waals surface area contributed by atoms with Crippen molar-refractivity contribution in [3.05, 3.63) is 101 Å². The monoisotopic (exact) mass is 449 g/mol. The molecule has 0 saturated carbocycles. The average molecular weight is 450 g/mol. The summed E-state index contributed by atoms with van der Waals surface area (Å²) in [6, 6.07) is 22.0. The number of aryl methyl sites for hydroxylation is 1. The van der Waals surface area contributed by atoms with Gasteiger partial charge in [0.25, 0.3) is 0 Å². The van der Waals surface area contributed by atoms with E-state index in [2.05, 4.69) is 29.0 Å². The van der Waals surface area contributed by atoms with Gasteiger partial charge >= 0.3 is 0 Å². The van der Waals surface area contributed by atoms with Gasteiger partial charge in [-0.2, -0.15) is 5.10 Å². The maximum Gasteiger partial charge on any atom is 0.211 e. The Labute approximate surface area is 193 Å². The highest BCUT2D eigenvalue weighted by atomic mass is 32.1. The van der Waals surface area contributed by atoms with Crippen LogP contribution in [0.4, 0.5) is 5.69 Å². The minimum Gasteiger partial charge on any atom is -0.454 e. The molecule has 0 aliphatic rings. The molecule has 0 unspecified atom stereocenters. The fourth-order valence-corrected chi connectivity index (χ4v) is 4.71. The number of pyridine rings is 1. The van der Waals surface area contributed by atoms with E-state index in [1.165, 1.54) is 11.3 Å². The van der Waals surface area contributed by atoms with Crippen molar-refractivity contribution in [2.24, 2.45) is 10.1 Å². The van der Waals surface area contributed by atoms with Gasteiger partial charge in [0.15, 0.2) is 5.76 Å². The fourth-order valence-electron chi connectivity index (χ4n) is 3.88. The van der Waals surface area contributed by atoms with Crippen molar-refractivity contribution >= 4 is 45.1 Å². The Kier molecular flexibility index (Phi) is 4.74. The van der Waals surface area contributed by atoms with Crippen molar-refractivity contribution in [2.45, 2.75) is 6.92 Å². The van der Waals surface area contributed by atoms with Crippen LogP contribution in [0.1, 0.15) is 11.3 Å². The number of hydrogen-bond donors (Lipinski definition) is 1. The van der Waals surface area contributed by atoms with Crippen LogP contribution in [0.3, 0.4) is 0 Å². The van der Waals surface area contributed by atoms with Crippen LogP contribution in [0.15, 0.2) is 99.0 Å². The van der Waals surface area contributed by atoms with Gasteiger partial charge in [0.1, 0.15) is 11.3 Å². The number of nitrogens with zero attached hydrogens (tertiary/aromatic N) is 4. The third-order valence-electron chi connectivity index (χ3n) is 5.48. The van der Waals surface area contributed by atoms with Crippen LogP contribution in [-0.2, 0) is 0 Å². The number of para-hydroxylation sites is 2. The Morgan fingerprint density at radius 3 is 2.82 bits per heavy atom. The summed E-state index contributed by atoms with van der Waals surface area (Å²) in [6.07, 6.45) is 5.35. The van der Waals surface area contributed by atoms with Crippen LogP contribution in [0.25, 0.3) is 33.3 Å². The number of hydrogen-bond acceptors (Lipinski definition) is 5. The molecule has 4 heterocycles. The number of fused-ring (bicyclic) bond motifs is 2. The molecule has 0 spiro atoms. The molecule has 7 heteroatoms. The van der Waals surface area contributed by atoms with Gasteiger partial charge in [-0.15, -0.1) is 11.3 Å². The Balaban J connectivity index is 1.53.